The Bertz CT molecular complexity index is 754. The predicted molar refractivity (Wildman–Crippen MR) is 103 cm³/mol. The molecule has 5 nitrogen and oxygen atoms in total. The van der Waals surface area contributed by atoms with Gasteiger partial charge in [-0.3, -0.25) is 9.69 Å². The normalized spacial score (nSPS) is 16.0. The number of amides is 1. The molecule has 26 heavy (non-hydrogen) atoms. The highest BCUT2D eigenvalue weighted by Crippen LogP contribution is 2.22. The molecule has 1 aliphatic heterocycles. The van der Waals surface area contributed by atoms with E-state index in [9.17, 15) is 9.90 Å². The van der Waals surface area contributed by atoms with Crippen LogP contribution in [0, 0.1) is 5.92 Å². The van der Waals surface area contributed by atoms with E-state index < -0.39 is 0 Å². The fraction of sp³-hybridized carbons (Fsp3) is 0.476. The highest BCUT2D eigenvalue weighted by molar-refractivity contribution is 5.84. The number of likely N-dealkylation sites (N-methyl/N-ethyl adjacent to an activating group) is 1. The quantitative estimate of drug-likeness (QED) is 0.864. The minimum Gasteiger partial charge on any atom is -0.497 e. The maximum absolute atomic E-state index is 12.5. The third-order valence-electron chi connectivity index (χ3n) is 5.28. The number of likely N-dealkylation sites (tertiary alicyclic amines) is 1. The van der Waals surface area contributed by atoms with Crippen LogP contribution in [-0.2, 0) is 11.3 Å². The van der Waals surface area contributed by atoms with E-state index in [1.807, 2.05) is 25.2 Å². The summed E-state index contributed by atoms with van der Waals surface area (Å²) < 4.78 is 5.26. The summed E-state index contributed by atoms with van der Waals surface area (Å²) in [5, 5.41) is 11.5. The standard InChI is InChI=1S/C21H28N2O3/c1-22(21(25)14-23-9-7-16(15-24)8-10-23)13-17-3-4-19-12-20(26-2)6-5-18(19)11-17/h3-6,11-12,16,24H,7-10,13-15H2,1-2H3. The maximum atomic E-state index is 12.5. The smallest absolute Gasteiger partial charge is 0.236 e. The van der Waals surface area contributed by atoms with Crippen LogP contribution >= 0.6 is 0 Å². The van der Waals surface area contributed by atoms with Crippen LogP contribution in [0.2, 0.25) is 0 Å². The van der Waals surface area contributed by atoms with Gasteiger partial charge in [-0.05, 0) is 66.4 Å². The summed E-state index contributed by atoms with van der Waals surface area (Å²) in [6.45, 7) is 3.11. The first-order valence-electron chi connectivity index (χ1n) is 9.23. The van der Waals surface area contributed by atoms with Gasteiger partial charge in [-0.25, -0.2) is 0 Å². The van der Waals surface area contributed by atoms with Gasteiger partial charge in [0.2, 0.25) is 5.91 Å². The Morgan fingerprint density at radius 1 is 1.19 bits per heavy atom. The topological polar surface area (TPSA) is 53.0 Å². The van der Waals surface area contributed by atoms with Crippen LogP contribution in [0.3, 0.4) is 0 Å². The number of rotatable bonds is 6. The van der Waals surface area contributed by atoms with E-state index in [0.29, 0.717) is 19.0 Å². The largest absolute Gasteiger partial charge is 0.497 e. The molecule has 0 bridgehead atoms. The molecular weight excluding hydrogens is 328 g/mol. The van der Waals surface area contributed by atoms with Crippen LogP contribution in [-0.4, -0.2) is 61.2 Å². The van der Waals surface area contributed by atoms with Crippen LogP contribution < -0.4 is 4.74 Å². The predicted octanol–water partition coefficient (Wildman–Crippen LogP) is 2.51. The van der Waals surface area contributed by atoms with Gasteiger partial charge in [-0.15, -0.1) is 0 Å². The SMILES string of the molecule is COc1ccc2cc(CN(C)C(=O)CN3CCC(CO)CC3)ccc2c1. The average Bonchev–Trinajstić information content (AvgIpc) is 2.68. The van der Waals surface area contributed by atoms with Crippen molar-refractivity contribution >= 4 is 16.7 Å². The molecule has 5 heteroatoms. The molecule has 2 aromatic carbocycles. The second-order valence-corrected chi connectivity index (χ2v) is 7.20. The molecule has 3 rings (SSSR count). The van der Waals surface area contributed by atoms with Gasteiger partial charge in [0.05, 0.1) is 13.7 Å². The molecule has 0 aliphatic carbocycles. The van der Waals surface area contributed by atoms with Gasteiger partial charge in [-0.1, -0.05) is 18.2 Å². The van der Waals surface area contributed by atoms with Gasteiger partial charge in [-0.2, -0.15) is 0 Å². The van der Waals surface area contributed by atoms with Crippen molar-refractivity contribution in [2.45, 2.75) is 19.4 Å². The third kappa shape index (κ3) is 4.54. The van der Waals surface area contributed by atoms with E-state index in [2.05, 4.69) is 23.1 Å². The lowest BCUT2D eigenvalue weighted by Crippen LogP contribution is -2.42. The third-order valence-corrected chi connectivity index (χ3v) is 5.28. The zero-order valence-electron chi connectivity index (χ0n) is 15.6. The minimum atomic E-state index is 0.141. The number of aliphatic hydroxyl groups excluding tert-OH is 1. The first-order chi connectivity index (χ1) is 12.6. The number of benzene rings is 2. The molecule has 0 radical (unpaired) electrons. The van der Waals surface area contributed by atoms with E-state index >= 15 is 0 Å². The highest BCUT2D eigenvalue weighted by atomic mass is 16.5. The summed E-state index contributed by atoms with van der Waals surface area (Å²) in [4.78, 5) is 16.5. The number of fused-ring (bicyclic) bond motifs is 1. The second-order valence-electron chi connectivity index (χ2n) is 7.20. The average molecular weight is 356 g/mol. The molecule has 1 fully saturated rings. The number of carbonyl (C=O) groups excluding carboxylic acids is 1. The maximum Gasteiger partial charge on any atom is 0.236 e. The number of hydrogen-bond acceptors (Lipinski definition) is 4. The number of carbonyl (C=O) groups is 1. The summed E-state index contributed by atoms with van der Waals surface area (Å²) in [6.07, 6.45) is 1.95. The van der Waals surface area contributed by atoms with Crippen molar-refractivity contribution in [1.82, 2.24) is 9.80 Å². The fourth-order valence-corrected chi connectivity index (χ4v) is 3.50. The van der Waals surface area contributed by atoms with Crippen molar-refractivity contribution in [3.05, 3.63) is 42.0 Å². The molecular formula is C21H28N2O3. The fourth-order valence-electron chi connectivity index (χ4n) is 3.50. The molecule has 1 N–H and O–H groups in total. The summed E-state index contributed by atoms with van der Waals surface area (Å²) in [7, 11) is 3.53. The van der Waals surface area contributed by atoms with Crippen LogP contribution in [0.25, 0.3) is 10.8 Å². The molecule has 0 unspecified atom stereocenters. The lowest BCUT2D eigenvalue weighted by atomic mass is 9.98. The highest BCUT2D eigenvalue weighted by Gasteiger charge is 2.21. The molecule has 0 aromatic heterocycles. The lowest BCUT2D eigenvalue weighted by molar-refractivity contribution is -0.132. The van der Waals surface area contributed by atoms with E-state index in [1.54, 1.807) is 12.0 Å². The van der Waals surface area contributed by atoms with Crippen molar-refractivity contribution in [1.29, 1.82) is 0 Å². The number of hydrogen-bond donors (Lipinski definition) is 1. The Morgan fingerprint density at radius 3 is 2.58 bits per heavy atom. The molecule has 0 atom stereocenters. The van der Waals surface area contributed by atoms with Crippen molar-refractivity contribution in [3.63, 3.8) is 0 Å². The van der Waals surface area contributed by atoms with Crippen LogP contribution in [0.15, 0.2) is 36.4 Å². The van der Waals surface area contributed by atoms with Crippen LogP contribution in [0.1, 0.15) is 18.4 Å². The van der Waals surface area contributed by atoms with E-state index in [1.165, 1.54) is 0 Å². The second kappa shape index (κ2) is 8.52. The number of ether oxygens (including phenoxy) is 1. The summed E-state index contributed by atoms with van der Waals surface area (Å²) in [5.74, 6) is 1.39. The van der Waals surface area contributed by atoms with Gasteiger partial charge < -0.3 is 14.7 Å². The molecule has 1 aliphatic rings. The summed E-state index contributed by atoms with van der Waals surface area (Å²) >= 11 is 0. The van der Waals surface area contributed by atoms with Gasteiger partial charge in [0.1, 0.15) is 5.75 Å². The Kier molecular flexibility index (Phi) is 6.12. The first-order valence-corrected chi connectivity index (χ1v) is 9.23. The summed E-state index contributed by atoms with van der Waals surface area (Å²) in [6, 6.07) is 12.3. The van der Waals surface area contributed by atoms with Gasteiger partial charge in [0.15, 0.2) is 0 Å². The van der Waals surface area contributed by atoms with E-state index in [0.717, 1.165) is 48.0 Å². The van der Waals surface area contributed by atoms with E-state index in [4.69, 9.17) is 4.74 Å². The van der Waals surface area contributed by atoms with Gasteiger partial charge >= 0.3 is 0 Å². The molecule has 0 spiro atoms. The monoisotopic (exact) mass is 356 g/mol. The van der Waals surface area contributed by atoms with Crippen molar-refractivity contribution < 1.29 is 14.6 Å². The number of nitrogens with zero attached hydrogens (tertiary/aromatic N) is 2. The van der Waals surface area contributed by atoms with Crippen LogP contribution in [0.5, 0.6) is 5.75 Å². The van der Waals surface area contributed by atoms with Gasteiger partial charge in [0, 0.05) is 20.2 Å². The number of methoxy groups -OCH3 is 1. The molecule has 1 saturated heterocycles. The number of aliphatic hydroxyl groups is 1. The number of piperidine rings is 1. The molecule has 140 valence electrons. The molecule has 1 heterocycles. The summed E-state index contributed by atoms with van der Waals surface area (Å²) in [5.41, 5.74) is 1.12. The molecule has 0 saturated carbocycles. The Hall–Kier alpha value is -2.11. The van der Waals surface area contributed by atoms with Crippen LogP contribution in [0.4, 0.5) is 0 Å². The minimum absolute atomic E-state index is 0.141. The van der Waals surface area contributed by atoms with E-state index in [-0.39, 0.29) is 12.5 Å². The molecule has 2 aromatic rings. The lowest BCUT2D eigenvalue weighted by Gasteiger charge is -2.31. The van der Waals surface area contributed by atoms with Crippen molar-refractivity contribution in [2.24, 2.45) is 5.92 Å². The zero-order valence-corrected chi connectivity index (χ0v) is 15.6. The van der Waals surface area contributed by atoms with Crippen molar-refractivity contribution in [3.8, 4) is 5.75 Å². The Balaban J connectivity index is 1.57. The first kappa shape index (κ1) is 18.7. The van der Waals surface area contributed by atoms with Crippen molar-refractivity contribution in [2.75, 3.05) is 40.4 Å². The molecule has 1 amide bonds. The Morgan fingerprint density at radius 2 is 1.88 bits per heavy atom. The van der Waals surface area contributed by atoms with Gasteiger partial charge in [0.25, 0.3) is 0 Å². The zero-order chi connectivity index (χ0) is 18.5. The Labute approximate surface area is 155 Å².